The zero-order valence-electron chi connectivity index (χ0n) is 13.4. The molecule has 1 atom stereocenters. The van der Waals surface area contributed by atoms with E-state index in [9.17, 15) is 0 Å². The quantitative estimate of drug-likeness (QED) is 0.846. The highest BCUT2D eigenvalue weighted by Crippen LogP contribution is 2.40. The van der Waals surface area contributed by atoms with Gasteiger partial charge in [0.15, 0.2) is 0 Å². The van der Waals surface area contributed by atoms with Gasteiger partial charge in [-0.3, -0.25) is 0 Å². The number of halogens is 1. The van der Waals surface area contributed by atoms with Crippen molar-refractivity contribution in [3.8, 4) is 0 Å². The summed E-state index contributed by atoms with van der Waals surface area (Å²) in [5, 5.41) is 4.27. The molecule has 118 valence electrons. The van der Waals surface area contributed by atoms with Crippen LogP contribution >= 0.6 is 11.6 Å². The van der Waals surface area contributed by atoms with Crippen LogP contribution in [0, 0.1) is 17.8 Å². The molecule has 1 saturated carbocycles. The number of nitrogens with one attached hydrogen (secondary N) is 1. The van der Waals surface area contributed by atoms with E-state index >= 15 is 0 Å². The number of anilines is 1. The zero-order chi connectivity index (χ0) is 15.4. The van der Waals surface area contributed by atoms with Crippen molar-refractivity contribution in [2.24, 2.45) is 17.8 Å². The van der Waals surface area contributed by atoms with Crippen LogP contribution in [0.5, 0.6) is 0 Å². The maximum Gasteiger partial charge on any atom is 0.128 e. The van der Waals surface area contributed by atoms with Gasteiger partial charge in [0.25, 0.3) is 0 Å². The predicted molar refractivity (Wildman–Crippen MR) is 90.4 cm³/mol. The molecule has 21 heavy (non-hydrogen) atoms. The highest BCUT2D eigenvalue weighted by atomic mass is 35.5. The van der Waals surface area contributed by atoms with Crippen LogP contribution in [0.15, 0.2) is 12.3 Å². The van der Waals surface area contributed by atoms with Crippen molar-refractivity contribution in [3.05, 3.63) is 22.8 Å². The molecule has 0 aromatic carbocycles. The Labute approximate surface area is 133 Å². The molecule has 0 amide bonds. The molecule has 0 spiro atoms. The standard InChI is InChI=1S/C17H28ClN3/c1-4-20-16(15-9-14(18)10-21-17(15)19)13-7-5-12(6-8-13)11(2)3/h9-13,16,20H,4-8H2,1-3H3,(H2,19,21). The summed E-state index contributed by atoms with van der Waals surface area (Å²) in [7, 11) is 0. The van der Waals surface area contributed by atoms with Gasteiger partial charge >= 0.3 is 0 Å². The summed E-state index contributed by atoms with van der Waals surface area (Å²) in [6, 6.07) is 2.25. The number of rotatable bonds is 5. The van der Waals surface area contributed by atoms with Gasteiger partial charge in [0.2, 0.25) is 0 Å². The molecular weight excluding hydrogens is 282 g/mol. The molecule has 0 bridgehead atoms. The van der Waals surface area contributed by atoms with E-state index in [-0.39, 0.29) is 6.04 Å². The topological polar surface area (TPSA) is 50.9 Å². The van der Waals surface area contributed by atoms with E-state index in [2.05, 4.69) is 31.1 Å². The summed E-state index contributed by atoms with van der Waals surface area (Å²) in [4.78, 5) is 4.23. The van der Waals surface area contributed by atoms with E-state index < -0.39 is 0 Å². The summed E-state index contributed by atoms with van der Waals surface area (Å²) in [6.07, 6.45) is 6.77. The molecule has 2 rings (SSSR count). The molecule has 1 aliphatic carbocycles. The second-order valence-corrected chi connectivity index (χ2v) is 7.02. The van der Waals surface area contributed by atoms with E-state index in [4.69, 9.17) is 17.3 Å². The summed E-state index contributed by atoms with van der Waals surface area (Å²) >= 11 is 6.12. The molecule has 3 nitrogen and oxygen atoms in total. The molecule has 0 radical (unpaired) electrons. The van der Waals surface area contributed by atoms with Crippen molar-refractivity contribution in [3.63, 3.8) is 0 Å². The number of hydrogen-bond donors (Lipinski definition) is 2. The number of hydrogen-bond acceptors (Lipinski definition) is 3. The van der Waals surface area contributed by atoms with Gasteiger partial charge < -0.3 is 11.1 Å². The molecule has 1 heterocycles. The molecule has 0 aliphatic heterocycles. The Morgan fingerprint density at radius 3 is 2.48 bits per heavy atom. The first-order chi connectivity index (χ1) is 10.0. The Balaban J connectivity index is 2.14. The van der Waals surface area contributed by atoms with Crippen LogP contribution in [0.25, 0.3) is 0 Å². The summed E-state index contributed by atoms with van der Waals surface area (Å²) in [5.41, 5.74) is 7.16. The van der Waals surface area contributed by atoms with E-state index in [0.29, 0.717) is 16.8 Å². The molecule has 0 saturated heterocycles. The van der Waals surface area contributed by atoms with Crippen LogP contribution in [-0.4, -0.2) is 11.5 Å². The lowest BCUT2D eigenvalue weighted by atomic mass is 9.73. The van der Waals surface area contributed by atoms with Crippen molar-refractivity contribution in [1.29, 1.82) is 0 Å². The Bertz CT molecular complexity index is 453. The second kappa shape index (κ2) is 7.46. The van der Waals surface area contributed by atoms with Gasteiger partial charge in [-0.25, -0.2) is 4.98 Å². The van der Waals surface area contributed by atoms with Gasteiger partial charge in [0.1, 0.15) is 5.82 Å². The lowest BCUT2D eigenvalue weighted by Crippen LogP contribution is -2.32. The van der Waals surface area contributed by atoms with Gasteiger partial charge in [-0.05, 0) is 56.0 Å². The first kappa shape index (κ1) is 16.6. The Hall–Kier alpha value is -0.800. The lowest BCUT2D eigenvalue weighted by Gasteiger charge is -2.36. The molecule has 1 unspecified atom stereocenters. The third-order valence-electron chi connectivity index (χ3n) is 4.91. The molecule has 1 aromatic rings. The van der Waals surface area contributed by atoms with E-state index in [0.717, 1.165) is 23.9 Å². The third kappa shape index (κ3) is 4.10. The van der Waals surface area contributed by atoms with Gasteiger partial charge in [0.05, 0.1) is 5.02 Å². The monoisotopic (exact) mass is 309 g/mol. The first-order valence-electron chi connectivity index (χ1n) is 8.17. The van der Waals surface area contributed by atoms with Crippen molar-refractivity contribution >= 4 is 17.4 Å². The molecule has 1 aliphatic rings. The van der Waals surface area contributed by atoms with Crippen LogP contribution in [0.1, 0.15) is 58.1 Å². The largest absolute Gasteiger partial charge is 0.383 e. The van der Waals surface area contributed by atoms with Crippen LogP contribution in [0.4, 0.5) is 5.82 Å². The minimum absolute atomic E-state index is 0.273. The van der Waals surface area contributed by atoms with E-state index in [1.54, 1.807) is 6.20 Å². The maximum absolute atomic E-state index is 6.12. The highest BCUT2D eigenvalue weighted by molar-refractivity contribution is 6.30. The normalized spacial score (nSPS) is 24.2. The van der Waals surface area contributed by atoms with Gasteiger partial charge in [-0.2, -0.15) is 0 Å². The van der Waals surface area contributed by atoms with Gasteiger partial charge in [-0.1, -0.05) is 32.4 Å². The molecule has 3 N–H and O–H groups in total. The lowest BCUT2D eigenvalue weighted by molar-refractivity contribution is 0.190. The van der Waals surface area contributed by atoms with Crippen LogP contribution in [0.2, 0.25) is 5.02 Å². The molecule has 1 aromatic heterocycles. The van der Waals surface area contributed by atoms with Gasteiger partial charge in [0, 0.05) is 17.8 Å². The minimum Gasteiger partial charge on any atom is -0.383 e. The smallest absolute Gasteiger partial charge is 0.128 e. The predicted octanol–water partition coefficient (Wildman–Crippen LogP) is 4.43. The maximum atomic E-state index is 6.12. The molecular formula is C17H28ClN3. The first-order valence-corrected chi connectivity index (χ1v) is 8.55. The third-order valence-corrected chi connectivity index (χ3v) is 5.11. The van der Waals surface area contributed by atoms with Crippen molar-refractivity contribution in [1.82, 2.24) is 10.3 Å². The number of nitrogens with zero attached hydrogens (tertiary/aromatic N) is 1. The van der Waals surface area contributed by atoms with Crippen LogP contribution in [-0.2, 0) is 0 Å². The number of nitrogens with two attached hydrogens (primary N) is 1. The van der Waals surface area contributed by atoms with Crippen molar-refractivity contribution < 1.29 is 0 Å². The fourth-order valence-corrected chi connectivity index (χ4v) is 3.78. The zero-order valence-corrected chi connectivity index (χ0v) is 14.2. The van der Waals surface area contributed by atoms with Crippen LogP contribution < -0.4 is 11.1 Å². The van der Waals surface area contributed by atoms with Crippen LogP contribution in [0.3, 0.4) is 0 Å². The molecule has 4 heteroatoms. The van der Waals surface area contributed by atoms with E-state index in [1.807, 2.05) is 6.07 Å². The summed E-state index contributed by atoms with van der Waals surface area (Å²) in [5.74, 6) is 2.90. The average molecular weight is 310 g/mol. The minimum atomic E-state index is 0.273. The Morgan fingerprint density at radius 1 is 1.29 bits per heavy atom. The van der Waals surface area contributed by atoms with Gasteiger partial charge in [-0.15, -0.1) is 0 Å². The van der Waals surface area contributed by atoms with E-state index in [1.165, 1.54) is 25.7 Å². The van der Waals surface area contributed by atoms with Crippen molar-refractivity contribution in [2.75, 3.05) is 12.3 Å². The highest BCUT2D eigenvalue weighted by Gasteiger charge is 2.30. The fourth-order valence-electron chi connectivity index (χ4n) is 3.61. The summed E-state index contributed by atoms with van der Waals surface area (Å²) in [6.45, 7) is 7.75. The average Bonchev–Trinajstić information content (AvgIpc) is 2.48. The number of aromatic nitrogens is 1. The Kier molecular flexibility index (Phi) is 5.88. The Morgan fingerprint density at radius 2 is 1.90 bits per heavy atom. The SMILES string of the molecule is CCNC(c1cc(Cl)cnc1N)C1CCC(C(C)C)CC1. The van der Waals surface area contributed by atoms with Crippen molar-refractivity contribution in [2.45, 2.75) is 52.5 Å². The number of pyridine rings is 1. The number of nitrogen functional groups attached to an aromatic ring is 1. The molecule has 1 fully saturated rings. The fraction of sp³-hybridized carbons (Fsp3) is 0.706. The second-order valence-electron chi connectivity index (χ2n) is 6.58. The summed E-state index contributed by atoms with van der Waals surface area (Å²) < 4.78 is 0.